The molecule has 0 saturated carbocycles. The first-order chi connectivity index (χ1) is 13.8. The number of nitrogens with zero attached hydrogens (tertiary/aromatic N) is 1. The lowest BCUT2D eigenvalue weighted by Gasteiger charge is -2.13. The first-order valence-corrected chi connectivity index (χ1v) is 8.87. The summed E-state index contributed by atoms with van der Waals surface area (Å²) in [6, 6.07) is 10.6. The SMILES string of the molecule is CC(=O)Nc1ccc(F)c(NC(=O)c2ccccc2OCc2c(C)noc2C)c1. The number of rotatable bonds is 6. The molecular weight excluding hydrogens is 377 g/mol. The minimum atomic E-state index is -0.624. The molecule has 2 N–H and O–H groups in total. The number of hydrogen-bond donors (Lipinski definition) is 2. The average molecular weight is 397 g/mol. The molecule has 0 saturated heterocycles. The van der Waals surface area contributed by atoms with Gasteiger partial charge in [-0.25, -0.2) is 4.39 Å². The molecule has 150 valence electrons. The van der Waals surface area contributed by atoms with Crippen molar-refractivity contribution in [1.82, 2.24) is 5.16 Å². The van der Waals surface area contributed by atoms with Gasteiger partial charge in [0, 0.05) is 12.6 Å². The number of para-hydroxylation sites is 1. The summed E-state index contributed by atoms with van der Waals surface area (Å²) in [7, 11) is 0. The summed E-state index contributed by atoms with van der Waals surface area (Å²) >= 11 is 0. The number of benzene rings is 2. The first kappa shape index (κ1) is 20.1. The van der Waals surface area contributed by atoms with Crippen molar-refractivity contribution in [2.45, 2.75) is 27.4 Å². The molecule has 3 aromatic rings. The fourth-order valence-electron chi connectivity index (χ4n) is 2.73. The smallest absolute Gasteiger partial charge is 0.259 e. The molecule has 0 aliphatic carbocycles. The van der Waals surface area contributed by atoms with Crippen molar-refractivity contribution in [1.29, 1.82) is 0 Å². The molecule has 29 heavy (non-hydrogen) atoms. The Morgan fingerprint density at radius 3 is 2.59 bits per heavy atom. The molecule has 3 rings (SSSR count). The van der Waals surface area contributed by atoms with Crippen LogP contribution in [0, 0.1) is 19.7 Å². The molecule has 0 aliphatic rings. The zero-order valence-electron chi connectivity index (χ0n) is 16.2. The predicted molar refractivity (Wildman–Crippen MR) is 105 cm³/mol. The van der Waals surface area contributed by atoms with E-state index in [4.69, 9.17) is 9.26 Å². The molecule has 0 bridgehead atoms. The van der Waals surface area contributed by atoms with Crippen molar-refractivity contribution in [3.63, 3.8) is 0 Å². The van der Waals surface area contributed by atoms with Gasteiger partial charge in [0.15, 0.2) is 0 Å². The third kappa shape index (κ3) is 4.78. The number of hydrogen-bond acceptors (Lipinski definition) is 5. The second-order valence-electron chi connectivity index (χ2n) is 6.42. The lowest BCUT2D eigenvalue weighted by molar-refractivity contribution is -0.114. The van der Waals surface area contributed by atoms with Crippen LogP contribution >= 0.6 is 0 Å². The van der Waals surface area contributed by atoms with Crippen LogP contribution in [-0.2, 0) is 11.4 Å². The zero-order chi connectivity index (χ0) is 21.0. The molecule has 1 heterocycles. The van der Waals surface area contributed by atoms with Crippen LogP contribution in [0.3, 0.4) is 0 Å². The third-order valence-electron chi connectivity index (χ3n) is 4.22. The number of halogens is 1. The van der Waals surface area contributed by atoms with E-state index in [1.165, 1.54) is 25.1 Å². The summed E-state index contributed by atoms with van der Waals surface area (Å²) in [6.45, 7) is 5.10. The Morgan fingerprint density at radius 2 is 1.90 bits per heavy atom. The van der Waals surface area contributed by atoms with E-state index in [1.807, 2.05) is 0 Å². The van der Waals surface area contributed by atoms with E-state index in [0.717, 1.165) is 5.56 Å². The van der Waals surface area contributed by atoms with Crippen molar-refractivity contribution in [3.8, 4) is 5.75 Å². The van der Waals surface area contributed by atoms with Crippen molar-refractivity contribution in [2.75, 3.05) is 10.6 Å². The number of aromatic nitrogens is 1. The molecular formula is C21H20FN3O4. The Morgan fingerprint density at radius 1 is 1.14 bits per heavy atom. The molecule has 0 atom stereocenters. The van der Waals surface area contributed by atoms with Crippen molar-refractivity contribution in [2.24, 2.45) is 0 Å². The highest BCUT2D eigenvalue weighted by Gasteiger charge is 2.16. The van der Waals surface area contributed by atoms with Crippen LogP contribution in [0.15, 0.2) is 47.0 Å². The zero-order valence-corrected chi connectivity index (χ0v) is 16.2. The van der Waals surface area contributed by atoms with Crippen molar-refractivity contribution >= 4 is 23.2 Å². The number of carbonyl (C=O) groups excluding carboxylic acids is 2. The van der Waals surface area contributed by atoms with Crippen LogP contribution in [0.2, 0.25) is 0 Å². The summed E-state index contributed by atoms with van der Waals surface area (Å²) in [5.41, 5.74) is 2.07. The Hall–Kier alpha value is -3.68. The molecule has 0 aliphatic heterocycles. The Labute approximate surface area is 166 Å². The van der Waals surface area contributed by atoms with Gasteiger partial charge in [-0.05, 0) is 44.2 Å². The van der Waals surface area contributed by atoms with E-state index >= 15 is 0 Å². The van der Waals surface area contributed by atoms with Gasteiger partial charge in [-0.3, -0.25) is 9.59 Å². The number of aryl methyl sites for hydroxylation is 2. The standard InChI is InChI=1S/C21H20FN3O4/c1-12-17(13(2)29-25-12)11-28-20-7-5-4-6-16(20)21(27)24-19-10-15(23-14(3)26)8-9-18(19)22/h4-10H,11H2,1-3H3,(H,23,26)(H,24,27). The van der Waals surface area contributed by atoms with Crippen LogP contribution in [0.5, 0.6) is 5.75 Å². The third-order valence-corrected chi connectivity index (χ3v) is 4.22. The fraction of sp³-hybridized carbons (Fsp3) is 0.190. The fourth-order valence-corrected chi connectivity index (χ4v) is 2.73. The molecule has 0 radical (unpaired) electrons. The molecule has 0 unspecified atom stereocenters. The minimum absolute atomic E-state index is 0.0539. The maximum absolute atomic E-state index is 14.1. The summed E-state index contributed by atoms with van der Waals surface area (Å²) in [5, 5.41) is 8.94. The van der Waals surface area contributed by atoms with Gasteiger partial charge in [0.05, 0.1) is 22.5 Å². The van der Waals surface area contributed by atoms with E-state index in [9.17, 15) is 14.0 Å². The summed E-state index contributed by atoms with van der Waals surface area (Å²) in [5.74, 6) is -0.489. The maximum Gasteiger partial charge on any atom is 0.259 e. The molecule has 7 nitrogen and oxygen atoms in total. The van der Waals surface area contributed by atoms with E-state index in [2.05, 4.69) is 15.8 Å². The van der Waals surface area contributed by atoms with Gasteiger partial charge < -0.3 is 19.9 Å². The van der Waals surface area contributed by atoms with Crippen molar-refractivity contribution in [3.05, 3.63) is 70.9 Å². The maximum atomic E-state index is 14.1. The van der Waals surface area contributed by atoms with Gasteiger partial charge >= 0.3 is 0 Å². The Balaban J connectivity index is 1.79. The van der Waals surface area contributed by atoms with E-state index in [-0.39, 0.29) is 23.8 Å². The van der Waals surface area contributed by atoms with Gasteiger partial charge in [-0.1, -0.05) is 17.3 Å². The summed E-state index contributed by atoms with van der Waals surface area (Å²) in [6.07, 6.45) is 0. The molecule has 1 aromatic heterocycles. The second kappa shape index (κ2) is 8.55. The molecule has 0 fully saturated rings. The molecule has 2 aromatic carbocycles. The van der Waals surface area contributed by atoms with Gasteiger partial charge in [0.1, 0.15) is 23.9 Å². The number of carbonyl (C=O) groups is 2. The lowest BCUT2D eigenvalue weighted by atomic mass is 10.1. The van der Waals surface area contributed by atoms with Crippen LogP contribution in [0.25, 0.3) is 0 Å². The van der Waals surface area contributed by atoms with Gasteiger partial charge in [-0.2, -0.15) is 0 Å². The predicted octanol–water partition coefficient (Wildman–Crippen LogP) is 4.22. The number of anilines is 2. The van der Waals surface area contributed by atoms with E-state index in [1.54, 1.807) is 38.1 Å². The van der Waals surface area contributed by atoms with Crippen LogP contribution < -0.4 is 15.4 Å². The van der Waals surface area contributed by atoms with Crippen LogP contribution in [0.4, 0.5) is 15.8 Å². The highest BCUT2D eigenvalue weighted by molar-refractivity contribution is 6.06. The molecule has 8 heteroatoms. The van der Waals surface area contributed by atoms with Gasteiger partial charge in [0.2, 0.25) is 5.91 Å². The number of ether oxygens (including phenoxy) is 1. The Kier molecular flexibility index (Phi) is 5.92. The summed E-state index contributed by atoms with van der Waals surface area (Å²) < 4.78 is 25.0. The molecule has 2 amide bonds. The summed E-state index contributed by atoms with van der Waals surface area (Å²) in [4.78, 5) is 23.9. The monoisotopic (exact) mass is 397 g/mol. The van der Waals surface area contributed by atoms with E-state index in [0.29, 0.717) is 22.9 Å². The van der Waals surface area contributed by atoms with Gasteiger partial charge in [0.25, 0.3) is 5.91 Å². The Bertz CT molecular complexity index is 1040. The first-order valence-electron chi connectivity index (χ1n) is 8.87. The largest absolute Gasteiger partial charge is 0.488 e. The quantitative estimate of drug-likeness (QED) is 0.650. The normalized spacial score (nSPS) is 10.5. The lowest BCUT2D eigenvalue weighted by Crippen LogP contribution is -2.15. The number of nitrogens with one attached hydrogen (secondary N) is 2. The minimum Gasteiger partial charge on any atom is -0.488 e. The highest BCUT2D eigenvalue weighted by Crippen LogP contribution is 2.25. The van der Waals surface area contributed by atoms with Crippen LogP contribution in [-0.4, -0.2) is 17.0 Å². The van der Waals surface area contributed by atoms with E-state index < -0.39 is 11.7 Å². The average Bonchev–Trinajstić information content (AvgIpc) is 3.00. The second-order valence-corrected chi connectivity index (χ2v) is 6.42. The van der Waals surface area contributed by atoms with Crippen molar-refractivity contribution < 1.29 is 23.2 Å². The number of amides is 2. The van der Waals surface area contributed by atoms with Crippen LogP contribution in [0.1, 0.15) is 34.3 Å². The highest BCUT2D eigenvalue weighted by atomic mass is 19.1. The van der Waals surface area contributed by atoms with Gasteiger partial charge in [-0.15, -0.1) is 0 Å². The molecule has 0 spiro atoms. The topological polar surface area (TPSA) is 93.5 Å².